The van der Waals surface area contributed by atoms with Crippen molar-refractivity contribution in [3.05, 3.63) is 42.1 Å². The Morgan fingerprint density at radius 2 is 2.26 bits per heavy atom. The summed E-state index contributed by atoms with van der Waals surface area (Å²) >= 11 is 0. The topological polar surface area (TPSA) is 54.5 Å². The smallest absolute Gasteiger partial charge is 0.317 e. The molecule has 0 saturated carbocycles. The lowest BCUT2D eigenvalue weighted by Gasteiger charge is -2.24. The fraction of sp³-hybridized carbons (Fsp3) is 0.444. The van der Waals surface area contributed by atoms with Crippen LogP contribution in [0.15, 0.2) is 36.5 Å². The zero-order chi connectivity index (χ0) is 16.1. The summed E-state index contributed by atoms with van der Waals surface area (Å²) in [5, 5.41) is 4.10. The fourth-order valence-electron chi connectivity index (χ4n) is 2.98. The Kier molecular flexibility index (Phi) is 5.08. The van der Waals surface area contributed by atoms with Gasteiger partial charge in [-0.25, -0.2) is 4.79 Å². The summed E-state index contributed by atoms with van der Waals surface area (Å²) in [5.74, 6) is 0. The number of rotatable bonds is 5. The van der Waals surface area contributed by atoms with Gasteiger partial charge in [0.1, 0.15) is 0 Å². The maximum absolute atomic E-state index is 12.4. The monoisotopic (exact) mass is 313 g/mol. The van der Waals surface area contributed by atoms with Crippen LogP contribution in [0.5, 0.6) is 0 Å². The van der Waals surface area contributed by atoms with Crippen LogP contribution in [-0.4, -0.2) is 41.7 Å². The number of fused-ring (bicyclic) bond motifs is 1. The van der Waals surface area contributed by atoms with E-state index in [4.69, 9.17) is 4.74 Å². The number of hydrogen-bond donors (Lipinski definition) is 1. The van der Waals surface area contributed by atoms with Crippen molar-refractivity contribution in [3.63, 3.8) is 0 Å². The van der Waals surface area contributed by atoms with Crippen LogP contribution < -0.4 is 5.32 Å². The first-order valence-corrected chi connectivity index (χ1v) is 8.25. The third-order valence-corrected chi connectivity index (χ3v) is 4.26. The molecule has 1 aromatic carbocycles. The van der Waals surface area contributed by atoms with E-state index >= 15 is 0 Å². The fourth-order valence-corrected chi connectivity index (χ4v) is 2.98. The van der Waals surface area contributed by atoms with E-state index in [1.165, 1.54) is 0 Å². The van der Waals surface area contributed by atoms with E-state index in [0.29, 0.717) is 19.6 Å². The van der Waals surface area contributed by atoms with Crippen LogP contribution in [0.1, 0.15) is 25.3 Å². The van der Waals surface area contributed by atoms with Gasteiger partial charge in [-0.2, -0.15) is 0 Å². The van der Waals surface area contributed by atoms with Gasteiger partial charge in [0, 0.05) is 37.8 Å². The second-order valence-corrected chi connectivity index (χ2v) is 5.82. The van der Waals surface area contributed by atoms with Gasteiger partial charge in [-0.15, -0.1) is 0 Å². The molecular formula is C18H23N3O2. The molecular weight excluding hydrogens is 290 g/mol. The average molecular weight is 313 g/mol. The molecule has 1 unspecified atom stereocenters. The summed E-state index contributed by atoms with van der Waals surface area (Å²) in [6.07, 6.45) is 4.09. The maximum Gasteiger partial charge on any atom is 0.317 e. The van der Waals surface area contributed by atoms with E-state index in [2.05, 4.69) is 10.3 Å². The van der Waals surface area contributed by atoms with Gasteiger partial charge < -0.3 is 15.0 Å². The van der Waals surface area contributed by atoms with Crippen LogP contribution in [0.4, 0.5) is 4.79 Å². The molecule has 1 saturated heterocycles. The van der Waals surface area contributed by atoms with Gasteiger partial charge in [0.15, 0.2) is 0 Å². The van der Waals surface area contributed by atoms with Crippen LogP contribution in [0, 0.1) is 0 Å². The van der Waals surface area contributed by atoms with Gasteiger partial charge in [0.05, 0.1) is 11.6 Å². The first kappa shape index (κ1) is 15.7. The van der Waals surface area contributed by atoms with Crippen molar-refractivity contribution in [2.24, 2.45) is 0 Å². The molecule has 1 aliphatic rings. The number of carbonyl (C=O) groups is 1. The molecule has 0 spiro atoms. The summed E-state index contributed by atoms with van der Waals surface area (Å²) < 4.78 is 5.62. The summed E-state index contributed by atoms with van der Waals surface area (Å²) in [6, 6.07) is 9.94. The van der Waals surface area contributed by atoms with Gasteiger partial charge >= 0.3 is 6.03 Å². The van der Waals surface area contributed by atoms with E-state index in [1.807, 2.05) is 42.2 Å². The van der Waals surface area contributed by atoms with E-state index in [-0.39, 0.29) is 12.1 Å². The van der Waals surface area contributed by atoms with Crippen molar-refractivity contribution in [3.8, 4) is 0 Å². The number of carbonyl (C=O) groups excluding carboxylic acids is 1. The lowest BCUT2D eigenvalue weighted by atomic mass is 10.1. The van der Waals surface area contributed by atoms with Crippen LogP contribution in [0.25, 0.3) is 10.9 Å². The van der Waals surface area contributed by atoms with Crippen LogP contribution in [0.2, 0.25) is 0 Å². The molecule has 2 heterocycles. The summed E-state index contributed by atoms with van der Waals surface area (Å²) in [5.41, 5.74) is 1.97. The zero-order valence-electron chi connectivity index (χ0n) is 13.5. The molecule has 1 aliphatic heterocycles. The number of likely N-dealkylation sites (N-methyl/N-ethyl adjacent to an activating group) is 1. The Balaban J connectivity index is 1.62. The van der Waals surface area contributed by atoms with Gasteiger partial charge in [0.25, 0.3) is 0 Å². The number of amides is 2. The van der Waals surface area contributed by atoms with Crippen LogP contribution >= 0.6 is 0 Å². The van der Waals surface area contributed by atoms with E-state index in [9.17, 15) is 4.79 Å². The minimum Gasteiger partial charge on any atom is -0.376 e. The number of hydrogen-bond acceptors (Lipinski definition) is 3. The highest BCUT2D eigenvalue weighted by Crippen LogP contribution is 2.16. The normalized spacial score (nSPS) is 17.3. The highest BCUT2D eigenvalue weighted by Gasteiger charge is 2.21. The Hall–Kier alpha value is -2.14. The lowest BCUT2D eigenvalue weighted by molar-refractivity contribution is 0.0826. The maximum atomic E-state index is 12.4. The molecule has 1 fully saturated rings. The molecule has 1 N–H and O–H groups in total. The lowest BCUT2D eigenvalue weighted by Crippen LogP contribution is -2.43. The Labute approximate surface area is 136 Å². The van der Waals surface area contributed by atoms with Crippen molar-refractivity contribution in [1.29, 1.82) is 0 Å². The number of aromatic nitrogens is 1. The second kappa shape index (κ2) is 7.42. The summed E-state index contributed by atoms with van der Waals surface area (Å²) in [7, 11) is 0. The van der Waals surface area contributed by atoms with Crippen LogP contribution in [-0.2, 0) is 11.3 Å². The second-order valence-electron chi connectivity index (χ2n) is 5.82. The molecule has 5 heteroatoms. The van der Waals surface area contributed by atoms with Crippen molar-refractivity contribution < 1.29 is 9.53 Å². The standard InChI is InChI=1S/C18H23N3O2/c1-2-21(13-16-9-5-11-23-16)18(22)20-12-15-7-3-6-14-8-4-10-19-17(14)15/h3-4,6-8,10,16H,2,5,9,11-13H2,1H3,(H,20,22). The molecule has 122 valence electrons. The predicted molar refractivity (Wildman–Crippen MR) is 90.2 cm³/mol. The minimum absolute atomic E-state index is 0.0454. The van der Waals surface area contributed by atoms with Gasteiger partial charge in [-0.3, -0.25) is 4.98 Å². The predicted octanol–water partition coefficient (Wildman–Crippen LogP) is 2.95. The zero-order valence-corrected chi connectivity index (χ0v) is 13.5. The van der Waals surface area contributed by atoms with Crippen molar-refractivity contribution in [2.75, 3.05) is 19.7 Å². The van der Waals surface area contributed by atoms with Gasteiger partial charge in [0.2, 0.25) is 0 Å². The molecule has 0 radical (unpaired) electrons. The SMILES string of the molecule is CCN(CC1CCCO1)C(=O)NCc1cccc2cccnc12. The minimum atomic E-state index is -0.0454. The first-order valence-electron chi connectivity index (χ1n) is 8.25. The number of para-hydroxylation sites is 1. The number of pyridine rings is 1. The molecule has 0 aliphatic carbocycles. The third kappa shape index (κ3) is 3.79. The number of benzene rings is 1. The average Bonchev–Trinajstić information content (AvgIpc) is 3.10. The van der Waals surface area contributed by atoms with Crippen LogP contribution in [0.3, 0.4) is 0 Å². The summed E-state index contributed by atoms with van der Waals surface area (Å²) in [4.78, 5) is 18.6. The number of urea groups is 1. The molecule has 1 aromatic heterocycles. The first-order chi connectivity index (χ1) is 11.3. The number of nitrogens with one attached hydrogen (secondary N) is 1. The number of ether oxygens (including phenoxy) is 1. The Morgan fingerprint density at radius 3 is 3.04 bits per heavy atom. The highest BCUT2D eigenvalue weighted by molar-refractivity contribution is 5.82. The van der Waals surface area contributed by atoms with Crippen molar-refractivity contribution in [2.45, 2.75) is 32.4 Å². The molecule has 2 aromatic rings. The number of nitrogens with zero attached hydrogens (tertiary/aromatic N) is 2. The quantitative estimate of drug-likeness (QED) is 0.923. The molecule has 1 atom stereocenters. The van der Waals surface area contributed by atoms with E-state index < -0.39 is 0 Å². The molecule has 5 nitrogen and oxygen atoms in total. The van der Waals surface area contributed by atoms with E-state index in [0.717, 1.165) is 35.9 Å². The highest BCUT2D eigenvalue weighted by atomic mass is 16.5. The van der Waals surface area contributed by atoms with Gasteiger partial charge in [-0.1, -0.05) is 24.3 Å². The van der Waals surface area contributed by atoms with Crippen molar-refractivity contribution >= 4 is 16.9 Å². The third-order valence-electron chi connectivity index (χ3n) is 4.26. The largest absolute Gasteiger partial charge is 0.376 e. The van der Waals surface area contributed by atoms with Crippen molar-refractivity contribution in [1.82, 2.24) is 15.2 Å². The molecule has 23 heavy (non-hydrogen) atoms. The van der Waals surface area contributed by atoms with Gasteiger partial charge in [-0.05, 0) is 31.4 Å². The summed E-state index contributed by atoms with van der Waals surface area (Å²) in [6.45, 7) is 4.63. The Bertz CT molecular complexity index is 663. The molecule has 3 rings (SSSR count). The van der Waals surface area contributed by atoms with E-state index in [1.54, 1.807) is 6.20 Å². The molecule has 0 bridgehead atoms. The Morgan fingerprint density at radius 1 is 1.39 bits per heavy atom. The molecule has 2 amide bonds.